The van der Waals surface area contributed by atoms with Gasteiger partial charge >= 0.3 is 0 Å². The molecular weight excluding hydrogens is 482 g/mol. The average molecular weight is 528 g/mol. The second kappa shape index (κ2) is 13.2. The molecule has 2 aliphatic heterocycles. The summed E-state index contributed by atoms with van der Waals surface area (Å²) in [4.78, 5) is 56.8. The van der Waals surface area contributed by atoms with Gasteiger partial charge in [-0.2, -0.15) is 0 Å². The molecule has 38 heavy (non-hydrogen) atoms. The Bertz CT molecular complexity index is 991. The summed E-state index contributed by atoms with van der Waals surface area (Å²) in [5.41, 5.74) is 7.81. The summed E-state index contributed by atoms with van der Waals surface area (Å²) < 4.78 is 0. The highest BCUT2D eigenvalue weighted by atomic mass is 16.2. The lowest BCUT2D eigenvalue weighted by Gasteiger charge is -2.27. The van der Waals surface area contributed by atoms with E-state index in [-0.39, 0.29) is 47.9 Å². The number of fused-ring (bicyclic) bond motifs is 1. The number of hydrogen-bond donors (Lipinski definition) is 2. The molecule has 4 atom stereocenters. The van der Waals surface area contributed by atoms with Gasteiger partial charge < -0.3 is 25.8 Å². The Kier molecular flexibility index (Phi) is 10.3. The van der Waals surface area contributed by atoms with Crippen molar-refractivity contribution >= 4 is 29.2 Å². The molecule has 2 heterocycles. The number of rotatable bonds is 12. The largest absolute Gasteiger partial charge is 0.372 e. The molecule has 3 N–H and O–H groups in total. The van der Waals surface area contributed by atoms with Crippen molar-refractivity contribution in [3.63, 3.8) is 0 Å². The van der Waals surface area contributed by atoms with Crippen molar-refractivity contribution < 1.29 is 19.2 Å². The number of hydrogen-bond acceptors (Lipinski definition) is 6. The molecule has 1 aromatic rings. The number of nitrogens with one attached hydrogen (secondary N) is 1. The van der Waals surface area contributed by atoms with Gasteiger partial charge in [-0.1, -0.05) is 20.8 Å². The zero-order valence-electron chi connectivity index (χ0n) is 23.6. The molecule has 2 saturated heterocycles. The molecule has 0 radical (unpaired) electrons. The molecule has 9 nitrogen and oxygen atoms in total. The Labute approximate surface area is 227 Å². The lowest BCUT2D eigenvalue weighted by Crippen LogP contribution is -2.48. The van der Waals surface area contributed by atoms with Crippen molar-refractivity contribution in [2.45, 2.75) is 78.4 Å². The fourth-order valence-corrected chi connectivity index (χ4v) is 5.68. The summed E-state index contributed by atoms with van der Waals surface area (Å²) in [5.74, 6) is -0.153. The van der Waals surface area contributed by atoms with Gasteiger partial charge in [0.1, 0.15) is 6.04 Å². The molecule has 0 saturated carbocycles. The predicted molar refractivity (Wildman–Crippen MR) is 149 cm³/mol. The van der Waals surface area contributed by atoms with E-state index in [9.17, 15) is 19.2 Å². The van der Waals surface area contributed by atoms with Gasteiger partial charge in [-0.3, -0.25) is 19.2 Å². The number of Topliss-reactive ketones (excluding diaryl/α,β-unsaturated/α-hetero) is 1. The summed E-state index contributed by atoms with van der Waals surface area (Å²) in [7, 11) is 0. The minimum atomic E-state index is -0.623. The highest BCUT2D eigenvalue weighted by Gasteiger charge is 2.51. The van der Waals surface area contributed by atoms with Crippen LogP contribution in [0.25, 0.3) is 0 Å². The number of carbonyl (C=O) groups is 4. The third-order valence-corrected chi connectivity index (χ3v) is 7.77. The van der Waals surface area contributed by atoms with Crippen LogP contribution in [-0.4, -0.2) is 84.2 Å². The van der Waals surface area contributed by atoms with Crippen molar-refractivity contribution in [1.29, 1.82) is 0 Å². The summed E-state index contributed by atoms with van der Waals surface area (Å²) in [6.45, 7) is 13.0. The molecule has 1 aromatic carbocycles. The molecule has 3 amide bonds. The van der Waals surface area contributed by atoms with Crippen LogP contribution in [-0.2, 0) is 14.4 Å². The number of likely N-dealkylation sites (tertiary alicyclic amines) is 2. The van der Waals surface area contributed by atoms with Gasteiger partial charge in [0.2, 0.25) is 11.8 Å². The average Bonchev–Trinajstić information content (AvgIpc) is 3.45. The first-order chi connectivity index (χ1) is 18.1. The van der Waals surface area contributed by atoms with Crippen LogP contribution in [0.2, 0.25) is 0 Å². The normalized spacial score (nSPS) is 20.4. The summed E-state index contributed by atoms with van der Waals surface area (Å²) in [6, 6.07) is 6.13. The van der Waals surface area contributed by atoms with Crippen LogP contribution in [0.1, 0.15) is 70.7 Å². The smallest absolute Gasteiger partial charge is 0.251 e. The first kappa shape index (κ1) is 29.6. The van der Waals surface area contributed by atoms with E-state index in [4.69, 9.17) is 5.73 Å². The quantitative estimate of drug-likeness (QED) is 0.431. The molecule has 4 unspecified atom stereocenters. The predicted octanol–water partition coefficient (Wildman–Crippen LogP) is 2.43. The second-order valence-corrected chi connectivity index (χ2v) is 11.1. The molecule has 0 bridgehead atoms. The molecule has 2 aliphatic rings. The van der Waals surface area contributed by atoms with Crippen LogP contribution >= 0.6 is 0 Å². The minimum absolute atomic E-state index is 0.0290. The minimum Gasteiger partial charge on any atom is -0.372 e. The third-order valence-electron chi connectivity index (χ3n) is 7.77. The summed E-state index contributed by atoms with van der Waals surface area (Å²) in [5, 5.41) is 2.95. The second-order valence-electron chi connectivity index (χ2n) is 11.1. The lowest BCUT2D eigenvalue weighted by atomic mass is 10.0. The topological polar surface area (TPSA) is 116 Å². The number of anilines is 1. The molecule has 0 spiro atoms. The van der Waals surface area contributed by atoms with Crippen molar-refractivity contribution in [2.75, 3.05) is 37.6 Å². The fourth-order valence-electron chi connectivity index (χ4n) is 5.68. The number of nitrogens with zero attached hydrogens (tertiary/aromatic N) is 3. The van der Waals surface area contributed by atoms with Crippen LogP contribution < -0.4 is 16.0 Å². The van der Waals surface area contributed by atoms with Crippen LogP contribution in [0.15, 0.2) is 24.3 Å². The first-order valence-electron chi connectivity index (χ1n) is 14.1. The van der Waals surface area contributed by atoms with E-state index < -0.39 is 12.1 Å². The van der Waals surface area contributed by atoms with Gasteiger partial charge in [0.15, 0.2) is 5.78 Å². The van der Waals surface area contributed by atoms with Gasteiger partial charge in [-0.05, 0) is 69.2 Å². The Morgan fingerprint density at radius 3 is 2.34 bits per heavy atom. The fraction of sp³-hybridized carbons (Fsp3) is 0.655. The zero-order chi connectivity index (χ0) is 28.0. The van der Waals surface area contributed by atoms with Crippen LogP contribution in [0, 0.1) is 11.8 Å². The molecule has 3 rings (SSSR count). The number of nitrogens with two attached hydrogens (primary N) is 1. The maximum Gasteiger partial charge on any atom is 0.251 e. The van der Waals surface area contributed by atoms with E-state index in [1.54, 1.807) is 9.80 Å². The summed E-state index contributed by atoms with van der Waals surface area (Å²) >= 11 is 0. The van der Waals surface area contributed by atoms with E-state index >= 15 is 0 Å². The van der Waals surface area contributed by atoms with Gasteiger partial charge in [-0.25, -0.2) is 0 Å². The Morgan fingerprint density at radius 2 is 1.74 bits per heavy atom. The van der Waals surface area contributed by atoms with Gasteiger partial charge in [0, 0.05) is 43.9 Å². The van der Waals surface area contributed by atoms with E-state index in [0.29, 0.717) is 44.3 Å². The SMILES string of the molecule is CCN(CC)c1ccc(C(=O)NCCC(C)CC(=O)N2CCC3C2C(=O)CN3C(=O)C(N)CC(C)C)cc1. The molecule has 0 aliphatic carbocycles. The standard InChI is InChI=1S/C29H45N5O4/c1-6-32(7-2)22-10-8-21(9-11-22)28(37)31-14-12-20(5)17-26(36)33-15-13-24-27(33)25(35)18-34(24)29(38)23(30)16-19(3)4/h8-11,19-20,23-24,27H,6-7,12-18,30H2,1-5H3,(H,31,37). The zero-order valence-corrected chi connectivity index (χ0v) is 23.6. The molecule has 9 heteroatoms. The number of amides is 3. The van der Waals surface area contributed by atoms with E-state index in [1.165, 1.54) is 0 Å². The molecule has 2 fully saturated rings. The molecule has 0 aromatic heterocycles. The highest BCUT2D eigenvalue weighted by molar-refractivity contribution is 5.98. The Morgan fingerprint density at radius 1 is 1.08 bits per heavy atom. The van der Waals surface area contributed by atoms with E-state index in [2.05, 4.69) is 24.1 Å². The molecule has 210 valence electrons. The highest BCUT2D eigenvalue weighted by Crippen LogP contribution is 2.31. The maximum atomic E-state index is 13.1. The van der Waals surface area contributed by atoms with Gasteiger partial charge in [0.05, 0.1) is 18.6 Å². The lowest BCUT2D eigenvalue weighted by molar-refractivity contribution is -0.137. The van der Waals surface area contributed by atoms with Gasteiger partial charge in [-0.15, -0.1) is 0 Å². The number of carbonyl (C=O) groups excluding carboxylic acids is 4. The van der Waals surface area contributed by atoms with Crippen molar-refractivity contribution in [3.05, 3.63) is 29.8 Å². The Hall–Kier alpha value is -2.94. The van der Waals surface area contributed by atoms with E-state index in [0.717, 1.165) is 18.8 Å². The number of ketones is 1. The number of benzene rings is 1. The van der Waals surface area contributed by atoms with Crippen molar-refractivity contribution in [3.8, 4) is 0 Å². The van der Waals surface area contributed by atoms with Crippen LogP contribution in [0.3, 0.4) is 0 Å². The molecular formula is C29H45N5O4. The Balaban J connectivity index is 1.46. The van der Waals surface area contributed by atoms with Crippen molar-refractivity contribution in [1.82, 2.24) is 15.1 Å². The van der Waals surface area contributed by atoms with Crippen molar-refractivity contribution in [2.24, 2.45) is 17.6 Å². The summed E-state index contributed by atoms with van der Waals surface area (Å²) in [6.07, 6.45) is 2.12. The van der Waals surface area contributed by atoms with E-state index in [1.807, 2.05) is 45.0 Å². The van der Waals surface area contributed by atoms with Crippen LogP contribution in [0.5, 0.6) is 0 Å². The third kappa shape index (κ3) is 6.92. The maximum absolute atomic E-state index is 13.1. The van der Waals surface area contributed by atoms with Crippen LogP contribution in [0.4, 0.5) is 5.69 Å². The first-order valence-corrected chi connectivity index (χ1v) is 14.1. The van der Waals surface area contributed by atoms with Gasteiger partial charge in [0.25, 0.3) is 5.91 Å². The monoisotopic (exact) mass is 527 g/mol.